The molecule has 5 heteroatoms. The monoisotopic (exact) mass is 386 g/mol. The molecular formula is C23H30O5. The first-order valence-corrected chi connectivity index (χ1v) is 9.65. The van der Waals surface area contributed by atoms with Gasteiger partial charge in [0.25, 0.3) is 0 Å². The Balaban J connectivity index is 1.80. The average molecular weight is 386 g/mol. The van der Waals surface area contributed by atoms with Crippen molar-refractivity contribution in [1.82, 2.24) is 0 Å². The number of carboxylic acid groups (broad SMARTS) is 1. The van der Waals surface area contributed by atoms with Gasteiger partial charge in [-0.3, -0.25) is 0 Å². The third kappa shape index (κ3) is 7.24. The zero-order chi connectivity index (χ0) is 20.5. The van der Waals surface area contributed by atoms with Gasteiger partial charge >= 0.3 is 5.97 Å². The number of hydrogen-bond donors (Lipinski definition) is 1. The van der Waals surface area contributed by atoms with Gasteiger partial charge in [-0.1, -0.05) is 29.8 Å². The van der Waals surface area contributed by atoms with Crippen LogP contribution in [-0.2, 0) is 16.0 Å². The van der Waals surface area contributed by atoms with Gasteiger partial charge in [0.1, 0.15) is 11.5 Å². The number of hydrogen-bond acceptors (Lipinski definition) is 4. The Hall–Kier alpha value is -2.53. The van der Waals surface area contributed by atoms with E-state index in [2.05, 4.69) is 13.0 Å². The highest BCUT2D eigenvalue weighted by Gasteiger charge is 2.20. The Morgan fingerprint density at radius 3 is 2.46 bits per heavy atom. The third-order valence-corrected chi connectivity index (χ3v) is 4.18. The summed E-state index contributed by atoms with van der Waals surface area (Å²) in [5.41, 5.74) is 3.22. The van der Waals surface area contributed by atoms with E-state index in [4.69, 9.17) is 14.2 Å². The van der Waals surface area contributed by atoms with Crippen molar-refractivity contribution in [3.8, 4) is 11.5 Å². The van der Waals surface area contributed by atoms with Crippen LogP contribution in [0.2, 0.25) is 0 Å². The Labute approximate surface area is 167 Å². The van der Waals surface area contributed by atoms with Crippen LogP contribution in [0, 0.1) is 13.8 Å². The molecule has 0 unspecified atom stereocenters. The van der Waals surface area contributed by atoms with E-state index >= 15 is 0 Å². The highest BCUT2D eigenvalue weighted by atomic mass is 16.5. The van der Waals surface area contributed by atoms with Crippen molar-refractivity contribution in [2.45, 2.75) is 52.7 Å². The summed E-state index contributed by atoms with van der Waals surface area (Å²) in [5, 5.41) is 9.31. The van der Waals surface area contributed by atoms with Crippen molar-refractivity contribution < 1.29 is 24.1 Å². The molecule has 2 aromatic carbocycles. The maximum atomic E-state index is 11.4. The van der Waals surface area contributed by atoms with E-state index in [-0.39, 0.29) is 6.10 Å². The van der Waals surface area contributed by atoms with Gasteiger partial charge in [0, 0.05) is 12.8 Å². The lowest BCUT2D eigenvalue weighted by molar-refractivity contribution is -0.153. The molecule has 0 fully saturated rings. The van der Waals surface area contributed by atoms with Crippen LogP contribution < -0.4 is 9.47 Å². The molecule has 0 aromatic heterocycles. The molecule has 2 rings (SSSR count). The molecule has 5 nitrogen and oxygen atoms in total. The van der Waals surface area contributed by atoms with Crippen LogP contribution in [0.5, 0.6) is 11.5 Å². The minimum atomic E-state index is -0.955. The first kappa shape index (κ1) is 21.8. The largest absolute Gasteiger partial charge is 0.493 e. The van der Waals surface area contributed by atoms with Crippen LogP contribution in [0.4, 0.5) is 0 Å². The van der Waals surface area contributed by atoms with E-state index in [1.165, 1.54) is 5.56 Å². The maximum Gasteiger partial charge on any atom is 0.333 e. The molecule has 0 aliphatic heterocycles. The summed E-state index contributed by atoms with van der Waals surface area (Å²) in [4.78, 5) is 11.4. The third-order valence-electron chi connectivity index (χ3n) is 4.18. The van der Waals surface area contributed by atoms with Crippen molar-refractivity contribution in [3.05, 3.63) is 59.2 Å². The molecule has 0 bridgehead atoms. The summed E-state index contributed by atoms with van der Waals surface area (Å²) in [6.45, 7) is 8.86. The zero-order valence-corrected chi connectivity index (χ0v) is 17.1. The first-order valence-electron chi connectivity index (χ1n) is 9.65. The van der Waals surface area contributed by atoms with Gasteiger partial charge in [-0.2, -0.15) is 0 Å². The molecule has 0 spiro atoms. The van der Waals surface area contributed by atoms with Gasteiger partial charge in [0.15, 0.2) is 6.10 Å². The second kappa shape index (κ2) is 10.7. The van der Waals surface area contributed by atoms with E-state index in [9.17, 15) is 9.90 Å². The quantitative estimate of drug-likeness (QED) is 0.573. The van der Waals surface area contributed by atoms with Crippen molar-refractivity contribution in [3.63, 3.8) is 0 Å². The normalized spacial score (nSPS) is 12.0. The number of aliphatic carboxylic acids is 1. The summed E-state index contributed by atoms with van der Waals surface area (Å²) in [6.07, 6.45) is 0.0610. The highest BCUT2D eigenvalue weighted by molar-refractivity contribution is 5.72. The van der Waals surface area contributed by atoms with Crippen LogP contribution in [0.25, 0.3) is 0 Å². The summed E-state index contributed by atoms with van der Waals surface area (Å²) >= 11 is 0. The fourth-order valence-electron chi connectivity index (χ4n) is 2.89. The lowest BCUT2D eigenvalue weighted by Gasteiger charge is -2.17. The lowest BCUT2D eigenvalue weighted by atomic mass is 10.1. The van der Waals surface area contributed by atoms with Crippen molar-refractivity contribution in [2.24, 2.45) is 0 Å². The van der Waals surface area contributed by atoms with E-state index in [0.717, 1.165) is 29.0 Å². The number of aryl methyl sites for hydroxylation is 2. The summed E-state index contributed by atoms with van der Waals surface area (Å²) in [7, 11) is 0. The van der Waals surface area contributed by atoms with Crippen LogP contribution in [-0.4, -0.2) is 36.5 Å². The number of ether oxygens (including phenoxy) is 3. The van der Waals surface area contributed by atoms with E-state index in [1.807, 2.05) is 57.2 Å². The zero-order valence-electron chi connectivity index (χ0n) is 17.1. The predicted octanol–water partition coefficient (Wildman–Crippen LogP) is 4.57. The molecule has 1 atom stereocenters. The van der Waals surface area contributed by atoms with Gasteiger partial charge in [0.05, 0.1) is 19.3 Å². The minimum Gasteiger partial charge on any atom is -0.493 e. The fraction of sp³-hybridized carbons (Fsp3) is 0.435. The van der Waals surface area contributed by atoms with E-state index in [1.54, 1.807) is 0 Å². The number of benzene rings is 2. The maximum absolute atomic E-state index is 11.4. The second-order valence-electron chi connectivity index (χ2n) is 7.18. The van der Waals surface area contributed by atoms with Gasteiger partial charge < -0.3 is 19.3 Å². The molecular weight excluding hydrogens is 356 g/mol. The lowest BCUT2D eigenvalue weighted by Crippen LogP contribution is -2.29. The average Bonchev–Trinajstić information content (AvgIpc) is 2.62. The Morgan fingerprint density at radius 1 is 1.04 bits per heavy atom. The molecule has 28 heavy (non-hydrogen) atoms. The van der Waals surface area contributed by atoms with Crippen molar-refractivity contribution >= 4 is 5.97 Å². The molecule has 0 heterocycles. The van der Waals surface area contributed by atoms with Gasteiger partial charge in [-0.25, -0.2) is 4.79 Å². The van der Waals surface area contributed by atoms with Crippen molar-refractivity contribution in [2.75, 3.05) is 13.2 Å². The molecule has 0 saturated heterocycles. The highest BCUT2D eigenvalue weighted by Crippen LogP contribution is 2.19. The molecule has 0 aliphatic carbocycles. The van der Waals surface area contributed by atoms with Crippen molar-refractivity contribution in [1.29, 1.82) is 0 Å². The number of carboxylic acids is 1. The molecule has 0 aliphatic rings. The molecule has 0 amide bonds. The SMILES string of the molecule is Cc1ccc(OCCCOc2cccc(C[C@H](OC(C)C)C(=O)O)c2)c(C)c1. The molecule has 152 valence electrons. The summed E-state index contributed by atoms with van der Waals surface area (Å²) < 4.78 is 17.1. The number of carbonyl (C=O) groups is 1. The van der Waals surface area contributed by atoms with Crippen LogP contribution in [0.15, 0.2) is 42.5 Å². The molecule has 0 saturated carbocycles. The first-order chi connectivity index (χ1) is 13.3. The smallest absolute Gasteiger partial charge is 0.333 e. The van der Waals surface area contributed by atoms with Crippen LogP contribution >= 0.6 is 0 Å². The van der Waals surface area contributed by atoms with Gasteiger partial charge in [0.2, 0.25) is 0 Å². The second-order valence-corrected chi connectivity index (χ2v) is 7.18. The van der Waals surface area contributed by atoms with Gasteiger partial charge in [-0.15, -0.1) is 0 Å². The number of rotatable bonds is 11. The van der Waals surface area contributed by atoms with Crippen LogP contribution in [0.3, 0.4) is 0 Å². The minimum absolute atomic E-state index is 0.141. The van der Waals surface area contributed by atoms with E-state index in [0.29, 0.717) is 19.6 Å². The van der Waals surface area contributed by atoms with Crippen LogP contribution in [0.1, 0.15) is 37.0 Å². The summed E-state index contributed by atoms with van der Waals surface area (Å²) in [5.74, 6) is 0.665. The molecule has 2 aromatic rings. The Kier molecular flexibility index (Phi) is 8.33. The predicted molar refractivity (Wildman–Crippen MR) is 109 cm³/mol. The molecule has 0 radical (unpaired) electrons. The summed E-state index contributed by atoms with van der Waals surface area (Å²) in [6, 6.07) is 13.6. The Bertz CT molecular complexity index is 769. The standard InChI is InChI=1S/C23H30O5/c1-16(2)28-22(23(24)25)15-19-7-5-8-20(14-19)26-11-6-12-27-21-10-9-17(3)13-18(21)4/h5,7-10,13-14,16,22H,6,11-12,15H2,1-4H3,(H,24,25)/t22-/m0/s1. The Morgan fingerprint density at radius 2 is 1.79 bits per heavy atom. The fourth-order valence-corrected chi connectivity index (χ4v) is 2.89. The van der Waals surface area contributed by atoms with E-state index < -0.39 is 12.1 Å². The molecule has 1 N–H and O–H groups in total. The topological polar surface area (TPSA) is 65.0 Å². The van der Waals surface area contributed by atoms with Gasteiger partial charge in [-0.05, 0) is 57.0 Å².